The molecule has 0 spiro atoms. The van der Waals surface area contributed by atoms with Crippen molar-refractivity contribution in [3.8, 4) is 11.4 Å². The average molecular weight is 431 g/mol. The highest BCUT2D eigenvalue weighted by Gasteiger charge is 2.15. The molecule has 0 bridgehead atoms. The Morgan fingerprint density at radius 2 is 1.97 bits per heavy atom. The number of fused-ring (bicyclic) bond motifs is 1. The molecule has 0 fully saturated rings. The fraction of sp³-hybridized carbons (Fsp3) is 0.320. The molecule has 2 aromatic carbocycles. The number of nitrogens with one attached hydrogen (secondary N) is 1. The fourth-order valence-electron chi connectivity index (χ4n) is 4.11. The van der Waals surface area contributed by atoms with Gasteiger partial charge in [-0.15, -0.1) is 0 Å². The van der Waals surface area contributed by atoms with E-state index in [0.717, 1.165) is 29.8 Å². The third kappa shape index (κ3) is 4.10. The normalized spacial score (nSPS) is 11.4. The molecule has 7 heteroatoms. The summed E-state index contributed by atoms with van der Waals surface area (Å²) < 4.78 is 1.64. The van der Waals surface area contributed by atoms with Gasteiger partial charge in [-0.3, -0.25) is 4.57 Å². The Balaban J connectivity index is 1.73. The Bertz CT molecular complexity index is 1300. The van der Waals surface area contributed by atoms with Crippen molar-refractivity contribution in [1.29, 1.82) is 0 Å². The van der Waals surface area contributed by atoms with Crippen LogP contribution in [-0.2, 0) is 6.54 Å². The highest BCUT2D eigenvalue weighted by molar-refractivity contribution is 5.74. The molecule has 0 aliphatic heterocycles. The second kappa shape index (κ2) is 8.86. The quantitative estimate of drug-likeness (QED) is 0.424. The van der Waals surface area contributed by atoms with Crippen molar-refractivity contribution in [3.05, 3.63) is 70.3 Å². The van der Waals surface area contributed by atoms with Crippen LogP contribution in [0, 0.1) is 0 Å². The minimum atomic E-state index is -0.214. The molecule has 166 valence electrons. The number of rotatable bonds is 7. The molecule has 0 radical (unpaired) electrons. The zero-order valence-corrected chi connectivity index (χ0v) is 19.1. The van der Waals surface area contributed by atoms with Crippen LogP contribution in [0.15, 0.2) is 53.5 Å². The van der Waals surface area contributed by atoms with Crippen LogP contribution in [0.4, 0.5) is 11.4 Å². The topological polar surface area (TPSA) is 92.8 Å². The molecule has 0 saturated carbocycles. The lowest BCUT2D eigenvalue weighted by Gasteiger charge is -2.21. The second-order valence-electron chi connectivity index (χ2n) is 8.50. The second-order valence-corrected chi connectivity index (χ2v) is 8.50. The van der Waals surface area contributed by atoms with Crippen molar-refractivity contribution in [3.63, 3.8) is 0 Å². The van der Waals surface area contributed by atoms with Crippen LogP contribution in [-0.4, -0.2) is 33.1 Å². The van der Waals surface area contributed by atoms with Gasteiger partial charge in [-0.2, -0.15) is 0 Å². The third-order valence-electron chi connectivity index (χ3n) is 5.74. The molecule has 0 atom stereocenters. The fourth-order valence-corrected chi connectivity index (χ4v) is 4.11. The monoisotopic (exact) mass is 430 g/mol. The molecule has 2 heterocycles. The van der Waals surface area contributed by atoms with Crippen molar-refractivity contribution in [1.82, 2.24) is 19.5 Å². The summed E-state index contributed by atoms with van der Waals surface area (Å²) in [5.41, 5.74) is 12.1. The maximum Gasteiger partial charge on any atom is 0.328 e. The highest BCUT2D eigenvalue weighted by Crippen LogP contribution is 2.28. The third-order valence-corrected chi connectivity index (χ3v) is 5.74. The Hall–Kier alpha value is -3.61. The van der Waals surface area contributed by atoms with Crippen molar-refractivity contribution in [2.75, 3.05) is 24.2 Å². The van der Waals surface area contributed by atoms with Crippen LogP contribution in [0.2, 0.25) is 0 Å². The minimum Gasteiger partial charge on any atom is -0.397 e. The molecule has 2 aromatic heterocycles. The van der Waals surface area contributed by atoms with Gasteiger partial charge in [-0.05, 0) is 35.6 Å². The van der Waals surface area contributed by atoms with Gasteiger partial charge in [0.25, 0.3) is 0 Å². The molecule has 0 unspecified atom stereocenters. The first-order chi connectivity index (χ1) is 15.4. The van der Waals surface area contributed by atoms with Gasteiger partial charge in [0, 0.05) is 19.2 Å². The Kier molecular flexibility index (Phi) is 5.99. The zero-order valence-electron chi connectivity index (χ0n) is 19.1. The van der Waals surface area contributed by atoms with Gasteiger partial charge in [-0.25, -0.2) is 14.8 Å². The number of nitrogens with two attached hydrogens (primary N) is 1. The summed E-state index contributed by atoms with van der Waals surface area (Å²) >= 11 is 0. The van der Waals surface area contributed by atoms with Crippen LogP contribution < -0.4 is 16.3 Å². The van der Waals surface area contributed by atoms with Crippen LogP contribution in [0.1, 0.15) is 44.2 Å². The van der Waals surface area contributed by atoms with E-state index in [4.69, 9.17) is 10.7 Å². The predicted molar refractivity (Wildman–Crippen MR) is 131 cm³/mol. The summed E-state index contributed by atoms with van der Waals surface area (Å²) in [6.45, 7) is 7.75. The number of H-pyrrole nitrogens is 1. The van der Waals surface area contributed by atoms with E-state index in [-0.39, 0.29) is 5.69 Å². The molecule has 7 nitrogen and oxygen atoms in total. The summed E-state index contributed by atoms with van der Waals surface area (Å²) in [6, 6.07) is 14.1. The molecule has 3 N–H and O–H groups in total. The van der Waals surface area contributed by atoms with E-state index >= 15 is 0 Å². The summed E-state index contributed by atoms with van der Waals surface area (Å²) in [7, 11) is 2.03. The lowest BCUT2D eigenvalue weighted by Crippen LogP contribution is -2.20. The molecular weight excluding hydrogens is 400 g/mol. The number of benzene rings is 2. The number of hydrogen-bond acceptors (Lipinski definition) is 5. The van der Waals surface area contributed by atoms with E-state index in [0.29, 0.717) is 35.1 Å². The SMILES string of the molecule is CCCN(C)c1ccc(Cn2c(=O)[nH]c3cnc(-c4ccccc4C(C)C)nc32)cc1N. The van der Waals surface area contributed by atoms with Crippen molar-refractivity contribution < 1.29 is 0 Å². The standard InChI is InChI=1S/C25H30N6O/c1-5-12-30(4)22-11-10-17(13-20(22)26)15-31-24-21(28-25(31)32)14-27-23(29-24)19-9-7-6-8-18(19)16(2)3/h6-11,13-14,16H,5,12,15,26H2,1-4H3,(H,28,32). The number of imidazole rings is 1. The summed E-state index contributed by atoms with van der Waals surface area (Å²) in [5.74, 6) is 0.955. The van der Waals surface area contributed by atoms with Gasteiger partial charge in [0.15, 0.2) is 11.5 Å². The number of anilines is 2. The van der Waals surface area contributed by atoms with Crippen LogP contribution in [0.3, 0.4) is 0 Å². The lowest BCUT2D eigenvalue weighted by atomic mass is 9.97. The van der Waals surface area contributed by atoms with Crippen LogP contribution in [0.5, 0.6) is 0 Å². The maximum absolute atomic E-state index is 12.7. The zero-order chi connectivity index (χ0) is 22.8. The first-order valence-corrected chi connectivity index (χ1v) is 11.0. The Morgan fingerprint density at radius 3 is 2.69 bits per heavy atom. The lowest BCUT2D eigenvalue weighted by molar-refractivity contribution is 0.777. The van der Waals surface area contributed by atoms with Gasteiger partial charge in [-0.1, -0.05) is 51.1 Å². The van der Waals surface area contributed by atoms with Crippen LogP contribution >= 0.6 is 0 Å². The first kappa shape index (κ1) is 21.6. The van der Waals surface area contributed by atoms with E-state index in [2.05, 4.69) is 41.7 Å². The van der Waals surface area contributed by atoms with Gasteiger partial charge >= 0.3 is 5.69 Å². The minimum absolute atomic E-state index is 0.214. The van der Waals surface area contributed by atoms with Crippen molar-refractivity contribution in [2.24, 2.45) is 0 Å². The van der Waals surface area contributed by atoms with Crippen LogP contribution in [0.25, 0.3) is 22.6 Å². The van der Waals surface area contributed by atoms with E-state index in [9.17, 15) is 4.79 Å². The van der Waals surface area contributed by atoms with E-state index in [1.54, 1.807) is 10.8 Å². The summed E-state index contributed by atoms with van der Waals surface area (Å²) in [4.78, 5) is 27.0. The maximum atomic E-state index is 12.7. The highest BCUT2D eigenvalue weighted by atomic mass is 16.1. The molecule has 0 aliphatic rings. The molecule has 0 amide bonds. The summed E-state index contributed by atoms with van der Waals surface area (Å²) in [6.07, 6.45) is 2.73. The molecule has 0 aliphatic carbocycles. The molecule has 4 aromatic rings. The van der Waals surface area contributed by atoms with Gasteiger partial charge in [0.1, 0.15) is 5.52 Å². The van der Waals surface area contributed by atoms with Crippen molar-refractivity contribution in [2.45, 2.75) is 39.7 Å². The van der Waals surface area contributed by atoms with E-state index in [1.807, 2.05) is 43.4 Å². The largest absolute Gasteiger partial charge is 0.397 e. The van der Waals surface area contributed by atoms with E-state index in [1.165, 1.54) is 5.56 Å². The summed E-state index contributed by atoms with van der Waals surface area (Å²) in [5, 5.41) is 0. The van der Waals surface area contributed by atoms with Gasteiger partial charge < -0.3 is 15.6 Å². The first-order valence-electron chi connectivity index (χ1n) is 11.0. The molecule has 4 rings (SSSR count). The number of aromatic amines is 1. The van der Waals surface area contributed by atoms with E-state index < -0.39 is 0 Å². The number of nitrogens with zero attached hydrogens (tertiary/aromatic N) is 4. The van der Waals surface area contributed by atoms with Gasteiger partial charge in [0.05, 0.1) is 24.1 Å². The van der Waals surface area contributed by atoms with Crippen molar-refractivity contribution >= 4 is 22.5 Å². The van der Waals surface area contributed by atoms with Gasteiger partial charge in [0.2, 0.25) is 0 Å². The smallest absolute Gasteiger partial charge is 0.328 e. The Labute approximate surface area is 187 Å². The average Bonchev–Trinajstić information content (AvgIpc) is 3.08. The number of nitrogen functional groups attached to an aromatic ring is 1. The predicted octanol–water partition coefficient (Wildman–Crippen LogP) is 4.39. The molecule has 0 saturated heterocycles. The molecule has 32 heavy (non-hydrogen) atoms. The molecular formula is C25H30N6O. The number of hydrogen-bond donors (Lipinski definition) is 2. The number of aromatic nitrogens is 4. The Morgan fingerprint density at radius 1 is 1.19 bits per heavy atom.